The summed E-state index contributed by atoms with van der Waals surface area (Å²) in [5, 5.41) is 8.93. The Morgan fingerprint density at radius 3 is 1.00 bits per heavy atom. The molecule has 0 aromatic rings. The number of hydrogen-bond acceptors (Lipinski definition) is 2. The van der Waals surface area contributed by atoms with Crippen LogP contribution < -0.4 is 5.11 Å². The van der Waals surface area contributed by atoms with Crippen molar-refractivity contribution in [2.45, 2.75) is 74.8 Å². The SMILES string of the molecule is CC[N](CC)[Ta+](=[N]C(C)(C)C)([N](CC)CC)[N](CC)CC.CC[O-]. The third-order valence-electron chi connectivity index (χ3n) is 3.76. The summed E-state index contributed by atoms with van der Waals surface area (Å²) in [5.41, 5.74) is 0.0201. The summed E-state index contributed by atoms with van der Waals surface area (Å²) in [6, 6.07) is 0. The van der Waals surface area contributed by atoms with Gasteiger partial charge in [-0.15, -0.1) is 6.61 Å². The fourth-order valence-corrected chi connectivity index (χ4v) is 19.2. The Kier molecular flexibility index (Phi) is 15.0. The van der Waals surface area contributed by atoms with E-state index in [2.05, 4.69) is 72.2 Å². The van der Waals surface area contributed by atoms with Crippen molar-refractivity contribution in [3.8, 4) is 0 Å². The predicted molar refractivity (Wildman–Crippen MR) is 101 cm³/mol. The van der Waals surface area contributed by atoms with Gasteiger partial charge in [0, 0.05) is 0 Å². The van der Waals surface area contributed by atoms with Gasteiger partial charge in [-0.1, -0.05) is 6.92 Å². The second kappa shape index (κ2) is 13.6. The van der Waals surface area contributed by atoms with Crippen LogP contribution in [0.5, 0.6) is 0 Å². The van der Waals surface area contributed by atoms with Crippen molar-refractivity contribution < 1.29 is 22.8 Å². The zero-order chi connectivity index (χ0) is 19.4. The largest absolute Gasteiger partial charge is 0.855 e. The van der Waals surface area contributed by atoms with E-state index in [1.807, 2.05) is 0 Å². The molecule has 0 radical (unpaired) electrons. The zero-order valence-corrected chi connectivity index (χ0v) is 21.3. The van der Waals surface area contributed by atoms with Gasteiger partial charge in [0.2, 0.25) is 0 Å². The molecule has 0 heterocycles. The average molecular weight is 514 g/mol. The number of hydrogen-bond donors (Lipinski definition) is 0. The summed E-state index contributed by atoms with van der Waals surface area (Å²) < 4.78 is 13.7. The fraction of sp³-hybridized carbons (Fsp3) is 1.00. The molecule has 0 saturated heterocycles. The molecule has 0 aliphatic carbocycles. The molecule has 6 heteroatoms. The minimum Gasteiger partial charge on any atom is -0.855 e. The summed E-state index contributed by atoms with van der Waals surface area (Å²) in [6.07, 6.45) is 0. The molecule has 0 aromatic carbocycles. The molecule has 0 N–H and O–H groups in total. The molecular weight excluding hydrogens is 469 g/mol. The van der Waals surface area contributed by atoms with Gasteiger partial charge in [0.25, 0.3) is 0 Å². The van der Waals surface area contributed by atoms with Gasteiger partial charge in [-0.3, -0.25) is 0 Å². The van der Waals surface area contributed by atoms with Crippen LogP contribution in [-0.4, -0.2) is 61.3 Å². The van der Waals surface area contributed by atoms with Crippen molar-refractivity contribution >= 4 is 0 Å². The Bertz CT molecular complexity index is 305. The van der Waals surface area contributed by atoms with Gasteiger partial charge in [0.05, 0.1) is 0 Å². The van der Waals surface area contributed by atoms with Gasteiger partial charge >= 0.3 is 138 Å². The normalized spacial score (nSPS) is 12.6. The summed E-state index contributed by atoms with van der Waals surface area (Å²) in [7, 11) is 0. The first-order chi connectivity index (χ1) is 11.2. The number of rotatable bonds is 9. The zero-order valence-electron chi connectivity index (χ0n) is 18.1. The standard InChI is InChI=1S/C4H9N.3C4H10N.C2H5O.Ta/c1-4(2,3)5;3*1-3-5-4-2;1-2-3;/h1-3H3;3*3-4H2,1-2H3;2H2,1H3;/q;4*-1;+4. The molecule has 0 spiro atoms. The first kappa shape index (κ1) is 26.6. The second-order valence-corrected chi connectivity index (χ2v) is 17.2. The molecule has 0 aliphatic heterocycles. The van der Waals surface area contributed by atoms with Crippen molar-refractivity contribution in [3.63, 3.8) is 0 Å². The molecular formula is C18H44N4OTa. The predicted octanol–water partition coefficient (Wildman–Crippen LogP) is 3.26. The molecule has 0 amide bonds. The Morgan fingerprint density at radius 2 is 0.875 bits per heavy atom. The van der Waals surface area contributed by atoms with Crippen LogP contribution in [0.1, 0.15) is 69.2 Å². The quantitative estimate of drug-likeness (QED) is 0.475. The summed E-state index contributed by atoms with van der Waals surface area (Å²) in [6.45, 7) is 28.7. The van der Waals surface area contributed by atoms with Crippen LogP contribution in [-0.2, 0) is 17.7 Å². The Morgan fingerprint density at radius 1 is 0.667 bits per heavy atom. The van der Waals surface area contributed by atoms with Crippen molar-refractivity contribution in [3.05, 3.63) is 0 Å². The molecule has 147 valence electrons. The molecule has 0 aromatic heterocycles. The average Bonchev–Trinajstić information content (AvgIpc) is 2.50. The summed E-state index contributed by atoms with van der Waals surface area (Å²) >= 11 is -3.21. The van der Waals surface area contributed by atoms with E-state index in [0.29, 0.717) is 0 Å². The van der Waals surface area contributed by atoms with E-state index in [0.717, 1.165) is 39.3 Å². The smallest absolute Gasteiger partial charge is 0.0809 e. The van der Waals surface area contributed by atoms with E-state index in [-0.39, 0.29) is 12.1 Å². The maximum absolute atomic E-state index is 8.93. The molecule has 24 heavy (non-hydrogen) atoms. The van der Waals surface area contributed by atoms with Gasteiger partial charge in [-0.05, 0) is 0 Å². The van der Waals surface area contributed by atoms with Gasteiger partial charge in [0.15, 0.2) is 0 Å². The maximum Gasteiger partial charge on any atom is -0.0809 e. The van der Waals surface area contributed by atoms with Crippen molar-refractivity contribution in [1.82, 2.24) is 9.91 Å². The molecule has 0 fully saturated rings. The van der Waals surface area contributed by atoms with Crippen molar-refractivity contribution in [2.75, 3.05) is 45.9 Å². The van der Waals surface area contributed by atoms with Crippen molar-refractivity contribution in [2.24, 2.45) is 3.34 Å². The van der Waals surface area contributed by atoms with E-state index >= 15 is 0 Å². The molecule has 0 saturated carbocycles. The third-order valence-corrected chi connectivity index (χ3v) is 21.2. The van der Waals surface area contributed by atoms with Crippen LogP contribution in [0.3, 0.4) is 0 Å². The van der Waals surface area contributed by atoms with Crippen LogP contribution in [0.25, 0.3) is 0 Å². The van der Waals surface area contributed by atoms with E-state index in [4.69, 9.17) is 8.44 Å². The fourth-order valence-electron chi connectivity index (χ4n) is 2.94. The Labute approximate surface area is 156 Å². The molecule has 0 atom stereocenters. The first-order valence-electron chi connectivity index (χ1n) is 9.66. The van der Waals surface area contributed by atoms with E-state index in [9.17, 15) is 0 Å². The number of nitrogens with zero attached hydrogens (tertiary/aromatic N) is 4. The van der Waals surface area contributed by atoms with Crippen LogP contribution in [0.15, 0.2) is 3.34 Å². The van der Waals surface area contributed by atoms with E-state index in [1.165, 1.54) is 0 Å². The van der Waals surface area contributed by atoms with E-state index in [1.54, 1.807) is 6.92 Å². The van der Waals surface area contributed by atoms with E-state index < -0.39 is 17.7 Å². The molecule has 0 rings (SSSR count). The first-order valence-corrected chi connectivity index (χ1v) is 15.4. The summed E-state index contributed by atoms with van der Waals surface area (Å²) in [5.74, 6) is 0. The Balaban J connectivity index is 0. The molecule has 0 unspecified atom stereocenters. The van der Waals surface area contributed by atoms with Gasteiger partial charge in [-0.25, -0.2) is 0 Å². The summed E-state index contributed by atoms with van der Waals surface area (Å²) in [4.78, 5) is 0. The minimum absolute atomic E-state index is 0. The van der Waals surface area contributed by atoms with Crippen molar-refractivity contribution in [1.29, 1.82) is 0 Å². The van der Waals surface area contributed by atoms with Crippen LogP contribution >= 0.6 is 0 Å². The molecule has 5 nitrogen and oxygen atoms in total. The molecule has 0 bridgehead atoms. The van der Waals surface area contributed by atoms with Crippen LogP contribution in [0.4, 0.5) is 0 Å². The Hall–Kier alpha value is 0.380. The van der Waals surface area contributed by atoms with Gasteiger partial charge in [-0.2, -0.15) is 0 Å². The second-order valence-electron chi connectivity index (χ2n) is 6.51. The molecule has 0 aliphatic rings. The topological polar surface area (TPSA) is 45.1 Å². The maximum atomic E-state index is 8.93. The van der Waals surface area contributed by atoms with Crippen LogP contribution in [0, 0.1) is 0 Å². The monoisotopic (exact) mass is 513 g/mol. The van der Waals surface area contributed by atoms with Gasteiger partial charge in [0.1, 0.15) is 0 Å². The van der Waals surface area contributed by atoms with Gasteiger partial charge < -0.3 is 5.11 Å². The minimum atomic E-state index is -3.21. The third kappa shape index (κ3) is 7.73. The van der Waals surface area contributed by atoms with Crippen LogP contribution in [0.2, 0.25) is 0 Å².